The van der Waals surface area contributed by atoms with Crippen LogP contribution in [0.25, 0.3) is 11.1 Å². The fraction of sp³-hybridized carbons (Fsp3) is 0.357. The number of halogens is 3. The number of benzene rings is 1. The quantitative estimate of drug-likeness (QED) is 0.331. The predicted octanol–water partition coefficient (Wildman–Crippen LogP) is 5.86. The number of hydrogen-bond acceptors (Lipinski definition) is 6. The lowest BCUT2D eigenvalue weighted by molar-refractivity contribution is -0.185. The SMILES string of the molecule is Cc1ccc(C(=O)Nc2cc(C(C)(C)C(F)(F)F)on2)cc1[C@H]1CCN(c2cncc(-c3cnn(C)c3)c2)C1. The number of carbonyl (C=O) groups excluding carboxylic acids is 1. The third kappa shape index (κ3) is 5.25. The molecule has 0 unspecified atom stereocenters. The lowest BCUT2D eigenvalue weighted by atomic mass is 9.89. The molecule has 5 rings (SSSR count). The van der Waals surface area contributed by atoms with E-state index in [1.54, 1.807) is 10.7 Å². The molecular formula is C28H29F3N6O2. The molecule has 4 heterocycles. The summed E-state index contributed by atoms with van der Waals surface area (Å²) in [5, 5.41) is 10.4. The average molecular weight is 539 g/mol. The fourth-order valence-electron chi connectivity index (χ4n) is 4.76. The highest BCUT2D eigenvalue weighted by Gasteiger charge is 2.51. The zero-order valence-electron chi connectivity index (χ0n) is 22.1. The molecule has 4 aromatic rings. The Bertz CT molecular complexity index is 1510. The van der Waals surface area contributed by atoms with Gasteiger partial charge in [-0.1, -0.05) is 11.2 Å². The van der Waals surface area contributed by atoms with Crippen molar-refractivity contribution in [2.24, 2.45) is 7.05 Å². The van der Waals surface area contributed by atoms with E-state index in [1.165, 1.54) is 0 Å². The third-order valence-electron chi connectivity index (χ3n) is 7.37. The minimum absolute atomic E-state index is 0.0671. The molecule has 3 aromatic heterocycles. The molecule has 8 nitrogen and oxygen atoms in total. The van der Waals surface area contributed by atoms with Gasteiger partial charge in [0.25, 0.3) is 5.91 Å². The van der Waals surface area contributed by atoms with Crippen molar-refractivity contribution in [2.45, 2.75) is 44.7 Å². The first kappa shape index (κ1) is 26.5. The first-order chi connectivity index (χ1) is 18.4. The van der Waals surface area contributed by atoms with Gasteiger partial charge in [0, 0.05) is 61.2 Å². The average Bonchev–Trinajstić information content (AvgIpc) is 3.65. The Hall–Kier alpha value is -4.15. The van der Waals surface area contributed by atoms with Crippen molar-refractivity contribution in [1.82, 2.24) is 19.9 Å². The van der Waals surface area contributed by atoms with E-state index in [4.69, 9.17) is 4.52 Å². The largest absolute Gasteiger partial charge is 0.401 e. The van der Waals surface area contributed by atoms with E-state index in [2.05, 4.69) is 31.5 Å². The van der Waals surface area contributed by atoms with Crippen molar-refractivity contribution in [2.75, 3.05) is 23.3 Å². The van der Waals surface area contributed by atoms with Gasteiger partial charge in [-0.3, -0.25) is 14.5 Å². The molecular weight excluding hydrogens is 509 g/mol. The van der Waals surface area contributed by atoms with Crippen LogP contribution in [0.3, 0.4) is 0 Å². The summed E-state index contributed by atoms with van der Waals surface area (Å²) >= 11 is 0. The van der Waals surface area contributed by atoms with Crippen LogP contribution in [0.4, 0.5) is 24.7 Å². The Kier molecular flexibility index (Phi) is 6.69. The van der Waals surface area contributed by atoms with Crippen LogP contribution >= 0.6 is 0 Å². The Morgan fingerprint density at radius 2 is 1.90 bits per heavy atom. The monoisotopic (exact) mass is 538 g/mol. The van der Waals surface area contributed by atoms with Crippen LogP contribution in [0.2, 0.25) is 0 Å². The summed E-state index contributed by atoms with van der Waals surface area (Å²) in [6.07, 6.45) is 3.82. The summed E-state index contributed by atoms with van der Waals surface area (Å²) < 4.78 is 46.7. The second-order valence-corrected chi connectivity index (χ2v) is 10.5. The smallest absolute Gasteiger partial charge is 0.370 e. The van der Waals surface area contributed by atoms with E-state index in [0.717, 1.165) is 67.4 Å². The maximum absolute atomic E-state index is 13.3. The van der Waals surface area contributed by atoms with Gasteiger partial charge >= 0.3 is 6.18 Å². The van der Waals surface area contributed by atoms with Crippen molar-refractivity contribution in [3.05, 3.63) is 77.6 Å². The maximum Gasteiger partial charge on any atom is 0.401 e. The van der Waals surface area contributed by atoms with Crippen LogP contribution in [-0.4, -0.2) is 45.1 Å². The van der Waals surface area contributed by atoms with Crippen LogP contribution in [0.15, 0.2) is 59.6 Å². The summed E-state index contributed by atoms with van der Waals surface area (Å²) in [5.74, 6) is -0.708. The maximum atomic E-state index is 13.3. The number of carbonyl (C=O) groups is 1. The molecule has 1 aliphatic heterocycles. The first-order valence-corrected chi connectivity index (χ1v) is 12.6. The zero-order chi connectivity index (χ0) is 27.9. The Morgan fingerprint density at radius 1 is 1.10 bits per heavy atom. The van der Waals surface area contributed by atoms with Gasteiger partial charge in [0.05, 0.1) is 18.1 Å². The topological polar surface area (TPSA) is 89.1 Å². The number of nitrogens with zero attached hydrogens (tertiary/aromatic N) is 5. The normalized spacial score (nSPS) is 16.1. The summed E-state index contributed by atoms with van der Waals surface area (Å²) in [5.41, 5.74) is 3.30. The minimum Gasteiger partial charge on any atom is -0.370 e. The highest BCUT2D eigenvalue weighted by Crippen LogP contribution is 2.41. The van der Waals surface area contributed by atoms with Gasteiger partial charge in [0.2, 0.25) is 0 Å². The number of aryl methyl sites for hydroxylation is 2. The molecule has 204 valence electrons. The van der Waals surface area contributed by atoms with E-state index >= 15 is 0 Å². The van der Waals surface area contributed by atoms with Gasteiger partial charge in [-0.25, -0.2) is 0 Å². The van der Waals surface area contributed by atoms with Crippen molar-refractivity contribution >= 4 is 17.4 Å². The number of nitrogens with one attached hydrogen (secondary N) is 1. The first-order valence-electron chi connectivity index (χ1n) is 12.6. The lowest BCUT2D eigenvalue weighted by Crippen LogP contribution is -2.35. The molecule has 11 heteroatoms. The molecule has 1 atom stereocenters. The van der Waals surface area contributed by atoms with Crippen molar-refractivity contribution in [3.63, 3.8) is 0 Å². The third-order valence-corrected chi connectivity index (χ3v) is 7.37. The second-order valence-electron chi connectivity index (χ2n) is 10.5. The number of aromatic nitrogens is 4. The van der Waals surface area contributed by atoms with E-state index in [1.807, 2.05) is 50.9 Å². The number of amides is 1. The Balaban J connectivity index is 1.30. The molecule has 1 aliphatic rings. The standard InChI is InChI=1S/C28H29F3N6O2/c1-17-5-6-18(26(38)34-25-11-24(39-35-25)27(2,3)28(29,30)31)10-23(17)19-7-8-37(16-19)22-9-20(12-32-14-22)21-13-33-36(4)15-21/h5-6,9-15,19H,7-8,16H2,1-4H3,(H,34,35,38)/t19-/m0/s1. The van der Waals surface area contributed by atoms with Crippen LogP contribution in [0, 0.1) is 6.92 Å². The molecule has 1 aromatic carbocycles. The minimum atomic E-state index is -4.52. The number of pyridine rings is 1. The Morgan fingerprint density at radius 3 is 2.62 bits per heavy atom. The zero-order valence-corrected chi connectivity index (χ0v) is 22.1. The highest BCUT2D eigenvalue weighted by molar-refractivity contribution is 6.04. The number of rotatable bonds is 6. The van der Waals surface area contributed by atoms with Crippen LogP contribution < -0.4 is 10.2 Å². The number of hydrogen-bond donors (Lipinski definition) is 1. The molecule has 39 heavy (non-hydrogen) atoms. The van der Waals surface area contributed by atoms with Gasteiger partial charge in [-0.05, 0) is 56.5 Å². The van der Waals surface area contributed by atoms with E-state index in [0.29, 0.717) is 5.56 Å². The van der Waals surface area contributed by atoms with E-state index < -0.39 is 17.5 Å². The van der Waals surface area contributed by atoms with Gasteiger partial charge in [0.1, 0.15) is 5.41 Å². The lowest BCUT2D eigenvalue weighted by Gasteiger charge is -2.24. The van der Waals surface area contributed by atoms with Crippen molar-refractivity contribution < 1.29 is 22.5 Å². The molecule has 0 saturated carbocycles. The highest BCUT2D eigenvalue weighted by atomic mass is 19.4. The molecule has 1 N–H and O–H groups in total. The fourth-order valence-corrected chi connectivity index (χ4v) is 4.76. The molecule has 1 amide bonds. The van der Waals surface area contributed by atoms with Crippen LogP contribution in [0.1, 0.15) is 53.4 Å². The molecule has 0 bridgehead atoms. The second kappa shape index (κ2) is 9.87. The predicted molar refractivity (Wildman–Crippen MR) is 141 cm³/mol. The molecule has 0 radical (unpaired) electrons. The number of alkyl halides is 3. The summed E-state index contributed by atoms with van der Waals surface area (Å²) in [6, 6.07) is 8.66. The Labute approximate surface area is 223 Å². The van der Waals surface area contributed by atoms with Gasteiger partial charge in [-0.2, -0.15) is 18.3 Å². The summed E-state index contributed by atoms with van der Waals surface area (Å²) in [4.78, 5) is 19.7. The van der Waals surface area contributed by atoms with Gasteiger partial charge in [-0.15, -0.1) is 0 Å². The summed E-state index contributed by atoms with van der Waals surface area (Å²) in [7, 11) is 1.88. The van der Waals surface area contributed by atoms with Crippen molar-refractivity contribution in [3.8, 4) is 11.1 Å². The number of anilines is 2. The van der Waals surface area contributed by atoms with Gasteiger partial charge in [0.15, 0.2) is 11.6 Å². The molecule has 0 spiro atoms. The van der Waals surface area contributed by atoms with E-state index in [9.17, 15) is 18.0 Å². The molecule has 0 aliphatic carbocycles. The summed E-state index contributed by atoms with van der Waals surface area (Å²) in [6.45, 7) is 5.62. The van der Waals surface area contributed by atoms with Crippen LogP contribution in [-0.2, 0) is 12.5 Å². The van der Waals surface area contributed by atoms with Crippen molar-refractivity contribution in [1.29, 1.82) is 0 Å². The molecule has 1 fully saturated rings. The van der Waals surface area contributed by atoms with Gasteiger partial charge < -0.3 is 14.7 Å². The molecule has 1 saturated heterocycles. The van der Waals surface area contributed by atoms with E-state index in [-0.39, 0.29) is 17.5 Å². The van der Waals surface area contributed by atoms with Crippen LogP contribution in [0.5, 0.6) is 0 Å².